The van der Waals surface area contributed by atoms with Crippen LogP contribution in [0, 0.1) is 6.92 Å². The Hall–Kier alpha value is -2.35. The molecule has 2 heteroatoms. The maximum Gasteiger partial charge on any atom is 0.131 e. The molecule has 0 atom stereocenters. The van der Waals surface area contributed by atoms with Crippen LogP contribution in [0.25, 0.3) is 22.2 Å². The number of ether oxygens (including phenoxy) is 1. The van der Waals surface area contributed by atoms with Gasteiger partial charge >= 0.3 is 0 Å². The minimum absolute atomic E-state index is 0.241. The zero-order chi connectivity index (χ0) is 15.7. The van der Waals surface area contributed by atoms with Gasteiger partial charge in [-0.15, -0.1) is 0 Å². The molecule has 2 nitrogen and oxygen atoms in total. The van der Waals surface area contributed by atoms with E-state index in [4.69, 9.17) is 9.72 Å². The van der Waals surface area contributed by atoms with E-state index in [2.05, 4.69) is 58.0 Å². The first-order valence-electron chi connectivity index (χ1n) is 7.58. The van der Waals surface area contributed by atoms with Crippen LogP contribution in [0.4, 0.5) is 0 Å². The summed E-state index contributed by atoms with van der Waals surface area (Å²) in [6.45, 7) is 8.28. The predicted molar refractivity (Wildman–Crippen MR) is 92.3 cm³/mol. The molecular weight excluding hydrogens is 270 g/mol. The number of fused-ring (bicyclic) bond motifs is 1. The van der Waals surface area contributed by atoms with Crippen molar-refractivity contribution in [3.63, 3.8) is 0 Å². The molecule has 1 heterocycles. The number of para-hydroxylation sites is 1. The van der Waals surface area contributed by atoms with E-state index in [1.807, 2.05) is 24.3 Å². The van der Waals surface area contributed by atoms with E-state index < -0.39 is 0 Å². The van der Waals surface area contributed by atoms with Crippen LogP contribution in [0.5, 0.6) is 5.75 Å². The SMILES string of the molecule is Cc1ccc(-c2cc(OC(C)(C)C)c3ccccc3n2)cc1. The van der Waals surface area contributed by atoms with Crippen molar-refractivity contribution in [2.45, 2.75) is 33.3 Å². The van der Waals surface area contributed by atoms with E-state index in [1.54, 1.807) is 0 Å². The van der Waals surface area contributed by atoms with Gasteiger partial charge in [0.25, 0.3) is 0 Å². The lowest BCUT2D eigenvalue weighted by atomic mass is 10.1. The van der Waals surface area contributed by atoms with E-state index >= 15 is 0 Å². The molecule has 0 radical (unpaired) electrons. The van der Waals surface area contributed by atoms with Crippen LogP contribution in [0.3, 0.4) is 0 Å². The lowest BCUT2D eigenvalue weighted by Crippen LogP contribution is -2.23. The number of aryl methyl sites for hydroxylation is 1. The number of hydrogen-bond donors (Lipinski definition) is 0. The molecule has 0 spiro atoms. The number of aromatic nitrogens is 1. The molecule has 112 valence electrons. The zero-order valence-electron chi connectivity index (χ0n) is 13.6. The summed E-state index contributed by atoms with van der Waals surface area (Å²) in [5.74, 6) is 0.883. The fraction of sp³-hybridized carbons (Fsp3) is 0.250. The molecule has 22 heavy (non-hydrogen) atoms. The summed E-state index contributed by atoms with van der Waals surface area (Å²) in [5.41, 5.74) is 4.01. The molecular formula is C20H21NO. The maximum absolute atomic E-state index is 6.16. The normalized spacial score (nSPS) is 11.6. The van der Waals surface area contributed by atoms with Gasteiger partial charge in [0.1, 0.15) is 11.4 Å². The van der Waals surface area contributed by atoms with Crippen molar-refractivity contribution < 1.29 is 4.74 Å². The van der Waals surface area contributed by atoms with Gasteiger partial charge in [0.15, 0.2) is 0 Å². The van der Waals surface area contributed by atoms with Crippen LogP contribution < -0.4 is 4.74 Å². The Morgan fingerprint density at radius 1 is 0.909 bits per heavy atom. The van der Waals surface area contributed by atoms with Crippen LogP contribution in [-0.2, 0) is 0 Å². The molecule has 0 amide bonds. The van der Waals surface area contributed by atoms with Gasteiger partial charge in [-0.1, -0.05) is 42.0 Å². The summed E-state index contributed by atoms with van der Waals surface area (Å²) >= 11 is 0. The predicted octanol–water partition coefficient (Wildman–Crippen LogP) is 5.39. The summed E-state index contributed by atoms with van der Waals surface area (Å²) in [7, 11) is 0. The highest BCUT2D eigenvalue weighted by atomic mass is 16.5. The fourth-order valence-corrected chi connectivity index (χ4v) is 2.43. The molecule has 0 fully saturated rings. The number of pyridine rings is 1. The molecule has 2 aromatic carbocycles. The van der Waals surface area contributed by atoms with Crippen LogP contribution in [0.2, 0.25) is 0 Å². The molecule has 0 aliphatic rings. The topological polar surface area (TPSA) is 22.1 Å². The first kappa shape index (κ1) is 14.6. The Balaban J connectivity index is 2.18. The first-order chi connectivity index (χ1) is 10.4. The minimum atomic E-state index is -0.241. The van der Waals surface area contributed by atoms with Crippen molar-refractivity contribution in [3.05, 3.63) is 60.2 Å². The van der Waals surface area contributed by atoms with Crippen molar-refractivity contribution in [2.75, 3.05) is 0 Å². The van der Waals surface area contributed by atoms with E-state index in [9.17, 15) is 0 Å². The largest absolute Gasteiger partial charge is 0.487 e. The fourth-order valence-electron chi connectivity index (χ4n) is 2.43. The smallest absolute Gasteiger partial charge is 0.131 e. The van der Waals surface area contributed by atoms with Gasteiger partial charge in [0.2, 0.25) is 0 Å². The van der Waals surface area contributed by atoms with Crippen LogP contribution in [-0.4, -0.2) is 10.6 Å². The Morgan fingerprint density at radius 3 is 2.27 bits per heavy atom. The van der Waals surface area contributed by atoms with Gasteiger partial charge in [-0.05, 0) is 39.8 Å². The molecule has 1 aromatic heterocycles. The van der Waals surface area contributed by atoms with Crippen molar-refractivity contribution in [3.8, 4) is 17.0 Å². The highest BCUT2D eigenvalue weighted by Crippen LogP contribution is 2.32. The van der Waals surface area contributed by atoms with Crippen LogP contribution >= 0.6 is 0 Å². The standard InChI is InChI=1S/C20H21NO/c1-14-9-11-15(12-10-14)18-13-19(22-20(2,3)4)16-7-5-6-8-17(16)21-18/h5-13H,1-4H3. The molecule has 3 aromatic rings. The Bertz CT molecular complexity index is 798. The third-order valence-corrected chi connectivity index (χ3v) is 3.44. The van der Waals surface area contributed by atoms with E-state index in [0.717, 1.165) is 27.9 Å². The van der Waals surface area contributed by atoms with Gasteiger partial charge in [0, 0.05) is 17.0 Å². The van der Waals surface area contributed by atoms with Gasteiger partial charge < -0.3 is 4.74 Å². The van der Waals surface area contributed by atoms with Crippen molar-refractivity contribution in [1.29, 1.82) is 0 Å². The first-order valence-corrected chi connectivity index (χ1v) is 7.58. The Labute approximate surface area is 131 Å². The third kappa shape index (κ3) is 3.11. The zero-order valence-corrected chi connectivity index (χ0v) is 13.6. The molecule has 0 bridgehead atoms. The van der Waals surface area contributed by atoms with Crippen LogP contribution in [0.15, 0.2) is 54.6 Å². The Kier molecular flexibility index (Phi) is 3.61. The number of nitrogens with zero attached hydrogens (tertiary/aromatic N) is 1. The second-order valence-corrected chi connectivity index (χ2v) is 6.60. The molecule has 0 saturated carbocycles. The molecule has 0 saturated heterocycles. The van der Waals surface area contributed by atoms with Crippen molar-refractivity contribution in [1.82, 2.24) is 4.98 Å². The molecule has 0 N–H and O–H groups in total. The van der Waals surface area contributed by atoms with E-state index in [-0.39, 0.29) is 5.60 Å². The summed E-state index contributed by atoms with van der Waals surface area (Å²) < 4.78 is 6.16. The van der Waals surface area contributed by atoms with Gasteiger partial charge in [0.05, 0.1) is 11.2 Å². The van der Waals surface area contributed by atoms with Gasteiger partial charge in [-0.2, -0.15) is 0 Å². The molecule has 3 rings (SSSR count). The summed E-state index contributed by atoms with van der Waals surface area (Å²) in [4.78, 5) is 4.79. The van der Waals surface area contributed by atoms with E-state index in [1.165, 1.54) is 5.56 Å². The second-order valence-electron chi connectivity index (χ2n) is 6.60. The average Bonchev–Trinajstić information content (AvgIpc) is 2.46. The lowest BCUT2D eigenvalue weighted by molar-refractivity contribution is 0.133. The van der Waals surface area contributed by atoms with Crippen molar-refractivity contribution >= 4 is 10.9 Å². The molecule has 0 aliphatic heterocycles. The average molecular weight is 291 g/mol. The summed E-state index contributed by atoms with van der Waals surface area (Å²) in [6.07, 6.45) is 0. The number of rotatable bonds is 2. The number of hydrogen-bond acceptors (Lipinski definition) is 2. The molecule has 0 aliphatic carbocycles. The van der Waals surface area contributed by atoms with Gasteiger partial charge in [-0.25, -0.2) is 4.98 Å². The molecule has 0 unspecified atom stereocenters. The van der Waals surface area contributed by atoms with E-state index in [0.29, 0.717) is 0 Å². The third-order valence-electron chi connectivity index (χ3n) is 3.44. The summed E-state index contributed by atoms with van der Waals surface area (Å²) in [6, 6.07) is 18.6. The summed E-state index contributed by atoms with van der Waals surface area (Å²) in [5, 5.41) is 1.05. The minimum Gasteiger partial charge on any atom is -0.487 e. The maximum atomic E-state index is 6.16. The highest BCUT2D eigenvalue weighted by molar-refractivity contribution is 5.88. The van der Waals surface area contributed by atoms with Crippen molar-refractivity contribution in [2.24, 2.45) is 0 Å². The van der Waals surface area contributed by atoms with Crippen LogP contribution in [0.1, 0.15) is 26.3 Å². The van der Waals surface area contributed by atoms with Gasteiger partial charge in [-0.3, -0.25) is 0 Å². The number of benzene rings is 2. The quantitative estimate of drug-likeness (QED) is 0.631. The Morgan fingerprint density at radius 2 is 1.59 bits per heavy atom. The second kappa shape index (κ2) is 5.45. The highest BCUT2D eigenvalue weighted by Gasteiger charge is 2.16. The monoisotopic (exact) mass is 291 g/mol. The lowest BCUT2D eigenvalue weighted by Gasteiger charge is -2.23.